The van der Waals surface area contributed by atoms with Gasteiger partial charge >= 0.3 is 0 Å². The van der Waals surface area contributed by atoms with Gasteiger partial charge in [-0.25, -0.2) is 0 Å². The minimum atomic E-state index is -3.92. The van der Waals surface area contributed by atoms with Crippen LogP contribution in [0.1, 0.15) is 18.4 Å². The molecule has 2 aromatic carbocycles. The summed E-state index contributed by atoms with van der Waals surface area (Å²) in [5, 5.41) is 17.8. The van der Waals surface area contributed by atoms with Crippen LogP contribution in [0.5, 0.6) is 0 Å². The Hall–Kier alpha value is -3.16. The molecule has 0 saturated heterocycles. The van der Waals surface area contributed by atoms with Crippen LogP contribution in [0.25, 0.3) is 0 Å². The summed E-state index contributed by atoms with van der Waals surface area (Å²) in [6.45, 7) is 0.576. The molecule has 0 saturated carbocycles. The van der Waals surface area contributed by atoms with Crippen LogP contribution in [0.4, 0.5) is 0 Å². The second kappa shape index (κ2) is 9.36. The van der Waals surface area contributed by atoms with Gasteiger partial charge in [-0.05, 0) is 12.1 Å². The smallest absolute Gasteiger partial charge is 0.284 e. The minimum Gasteiger partial charge on any atom is -0.353 e. The molecule has 7 heteroatoms. The van der Waals surface area contributed by atoms with Gasteiger partial charge in [0.15, 0.2) is 0 Å². The van der Waals surface area contributed by atoms with E-state index in [0.29, 0.717) is 5.56 Å². The summed E-state index contributed by atoms with van der Waals surface area (Å²) in [5.41, 5.74) is 0.614. The zero-order chi connectivity index (χ0) is 18.8. The molecule has 26 heavy (non-hydrogen) atoms. The van der Waals surface area contributed by atoms with Gasteiger partial charge in [-0.1, -0.05) is 48.5 Å². The van der Waals surface area contributed by atoms with E-state index in [4.69, 9.17) is 10.5 Å². The van der Waals surface area contributed by atoms with Crippen molar-refractivity contribution in [2.45, 2.75) is 17.7 Å². The number of benzene rings is 2. The van der Waals surface area contributed by atoms with Gasteiger partial charge in [0.25, 0.3) is 10.0 Å². The van der Waals surface area contributed by atoms with E-state index in [0.717, 1.165) is 0 Å². The fraction of sp³-hybridized carbons (Fsp3) is 0.211. The Bertz CT molecular complexity index is 909. The Morgan fingerprint density at radius 3 is 1.88 bits per heavy atom. The molecule has 0 fully saturated rings. The molecule has 0 aliphatic rings. The first-order chi connectivity index (χ1) is 12.6. The average Bonchev–Trinajstić information content (AvgIpc) is 2.68. The maximum atomic E-state index is 12.7. The summed E-state index contributed by atoms with van der Waals surface area (Å²) in [5.74, 6) is 0.236. The van der Waals surface area contributed by atoms with Crippen molar-refractivity contribution in [2.24, 2.45) is 4.40 Å². The zero-order valence-electron chi connectivity index (χ0n) is 14.1. The van der Waals surface area contributed by atoms with Crippen molar-refractivity contribution >= 4 is 15.9 Å². The second-order valence-corrected chi connectivity index (χ2v) is 6.98. The van der Waals surface area contributed by atoms with Crippen LogP contribution < -0.4 is 0 Å². The molecule has 0 radical (unpaired) electrons. The topological polar surface area (TPSA) is 97.3 Å². The third-order valence-corrected chi connectivity index (χ3v) is 4.85. The first-order valence-corrected chi connectivity index (χ1v) is 9.47. The van der Waals surface area contributed by atoms with E-state index in [9.17, 15) is 8.42 Å². The number of hydrogen-bond donors (Lipinski definition) is 0. The summed E-state index contributed by atoms with van der Waals surface area (Å²) < 4.78 is 29.5. The number of sulfonamides is 1. The molecular formula is C19H18N4O2S. The van der Waals surface area contributed by atoms with E-state index in [-0.39, 0.29) is 36.7 Å². The Kier molecular flexibility index (Phi) is 6.90. The molecule has 0 atom stereocenters. The van der Waals surface area contributed by atoms with Gasteiger partial charge in [0.05, 0.1) is 29.9 Å². The molecule has 132 valence electrons. The lowest BCUT2D eigenvalue weighted by atomic mass is 10.2. The van der Waals surface area contributed by atoms with Crippen molar-refractivity contribution in [3.63, 3.8) is 0 Å². The molecule has 0 heterocycles. The molecule has 0 aromatic heterocycles. The number of amidine groups is 1. The molecule has 2 aromatic rings. The van der Waals surface area contributed by atoms with Crippen LogP contribution in [-0.4, -0.2) is 32.2 Å². The fourth-order valence-corrected chi connectivity index (χ4v) is 3.39. The predicted molar refractivity (Wildman–Crippen MR) is 98.6 cm³/mol. The van der Waals surface area contributed by atoms with Crippen LogP contribution in [-0.2, 0) is 10.0 Å². The molecule has 6 nitrogen and oxygen atoms in total. The van der Waals surface area contributed by atoms with Crippen LogP contribution in [0.2, 0.25) is 0 Å². The SMILES string of the molecule is N#CCCN(CCC#N)/C(=N\S(=O)(=O)c1ccccc1)c1ccccc1. The van der Waals surface area contributed by atoms with Gasteiger partial charge in [-0.3, -0.25) is 0 Å². The van der Waals surface area contributed by atoms with Crippen molar-refractivity contribution in [3.05, 3.63) is 66.2 Å². The quantitative estimate of drug-likeness (QED) is 0.554. The number of hydrogen-bond acceptors (Lipinski definition) is 4. The summed E-state index contributed by atoms with van der Waals surface area (Å²) >= 11 is 0. The molecule has 0 bridgehead atoms. The minimum absolute atomic E-state index is 0.0916. The van der Waals surface area contributed by atoms with Crippen molar-refractivity contribution in [3.8, 4) is 12.1 Å². The van der Waals surface area contributed by atoms with Gasteiger partial charge in [0, 0.05) is 18.7 Å². The van der Waals surface area contributed by atoms with Crippen molar-refractivity contribution in [1.82, 2.24) is 4.90 Å². The first-order valence-electron chi connectivity index (χ1n) is 8.03. The summed E-state index contributed by atoms with van der Waals surface area (Å²) in [6, 6.07) is 21.0. The monoisotopic (exact) mass is 366 g/mol. The number of nitrogens with zero attached hydrogens (tertiary/aromatic N) is 4. The molecule has 2 rings (SSSR count). The first kappa shape index (κ1) is 19.2. The van der Waals surface area contributed by atoms with E-state index in [1.54, 1.807) is 47.4 Å². The summed E-state index contributed by atoms with van der Waals surface area (Å²) in [4.78, 5) is 1.76. The van der Waals surface area contributed by atoms with E-state index in [1.807, 2.05) is 18.2 Å². The van der Waals surface area contributed by atoms with Gasteiger partial charge < -0.3 is 4.90 Å². The number of nitriles is 2. The van der Waals surface area contributed by atoms with Gasteiger partial charge in [0.2, 0.25) is 0 Å². The van der Waals surface area contributed by atoms with Crippen LogP contribution in [0.3, 0.4) is 0 Å². The summed E-state index contributed by atoms with van der Waals surface area (Å²) in [6.07, 6.45) is 0.394. The largest absolute Gasteiger partial charge is 0.353 e. The maximum Gasteiger partial charge on any atom is 0.284 e. The molecule has 0 spiro atoms. The van der Waals surface area contributed by atoms with E-state index >= 15 is 0 Å². The lowest BCUT2D eigenvalue weighted by Crippen LogP contribution is -2.34. The third kappa shape index (κ3) is 5.17. The Labute approximate surface area is 153 Å². The van der Waals surface area contributed by atoms with Crippen LogP contribution in [0.15, 0.2) is 70.0 Å². The highest BCUT2D eigenvalue weighted by Gasteiger charge is 2.19. The third-order valence-electron chi connectivity index (χ3n) is 3.57. The highest BCUT2D eigenvalue weighted by atomic mass is 32.2. The predicted octanol–water partition coefficient (Wildman–Crippen LogP) is 2.95. The van der Waals surface area contributed by atoms with Crippen molar-refractivity contribution < 1.29 is 8.42 Å². The molecule has 0 N–H and O–H groups in total. The molecule has 0 aliphatic carbocycles. The lowest BCUT2D eigenvalue weighted by molar-refractivity contribution is 0.437. The van der Waals surface area contributed by atoms with Crippen molar-refractivity contribution in [2.75, 3.05) is 13.1 Å². The van der Waals surface area contributed by atoms with Crippen LogP contribution >= 0.6 is 0 Å². The molecule has 0 amide bonds. The maximum absolute atomic E-state index is 12.7. The zero-order valence-corrected chi connectivity index (χ0v) is 14.9. The standard InChI is InChI=1S/C19H18N4O2S/c20-13-7-15-23(16-8-14-21)19(17-9-3-1-4-10-17)22-26(24,25)18-11-5-2-6-12-18/h1-6,9-12H,7-8,15-16H2/b22-19-. The van der Waals surface area contributed by atoms with Crippen LogP contribution in [0, 0.1) is 22.7 Å². The molecule has 0 aliphatic heterocycles. The fourth-order valence-electron chi connectivity index (χ4n) is 2.33. The Morgan fingerprint density at radius 2 is 1.38 bits per heavy atom. The van der Waals surface area contributed by atoms with Gasteiger partial charge in [-0.2, -0.15) is 18.9 Å². The average molecular weight is 366 g/mol. The molecule has 0 unspecified atom stereocenters. The van der Waals surface area contributed by atoms with E-state index < -0.39 is 10.0 Å². The van der Waals surface area contributed by atoms with Gasteiger partial charge in [0.1, 0.15) is 5.84 Å². The second-order valence-electron chi connectivity index (χ2n) is 5.37. The normalized spacial score (nSPS) is 11.4. The highest BCUT2D eigenvalue weighted by Crippen LogP contribution is 2.16. The van der Waals surface area contributed by atoms with Crippen molar-refractivity contribution in [1.29, 1.82) is 10.5 Å². The Balaban J connectivity index is 2.53. The lowest BCUT2D eigenvalue weighted by Gasteiger charge is -2.24. The van der Waals surface area contributed by atoms with Gasteiger partial charge in [-0.15, -0.1) is 4.40 Å². The summed E-state index contributed by atoms with van der Waals surface area (Å²) in [7, 11) is -3.92. The molecular weight excluding hydrogens is 348 g/mol. The van der Waals surface area contributed by atoms with E-state index in [1.165, 1.54) is 12.1 Å². The Morgan fingerprint density at radius 1 is 0.885 bits per heavy atom. The van der Waals surface area contributed by atoms with E-state index in [2.05, 4.69) is 4.40 Å². The number of rotatable bonds is 7. The highest BCUT2D eigenvalue weighted by molar-refractivity contribution is 7.90.